The first-order valence-electron chi connectivity index (χ1n) is 4.24. The quantitative estimate of drug-likeness (QED) is 0.645. The molecule has 0 bridgehead atoms. The summed E-state index contributed by atoms with van der Waals surface area (Å²) in [5, 5.41) is 2.01. The van der Waals surface area contributed by atoms with E-state index in [4.69, 9.17) is 0 Å². The van der Waals surface area contributed by atoms with E-state index in [2.05, 4.69) is 4.74 Å². The van der Waals surface area contributed by atoms with Crippen molar-refractivity contribution in [3.05, 3.63) is 27.6 Å². The van der Waals surface area contributed by atoms with Crippen LogP contribution < -0.4 is 5.32 Å². The van der Waals surface area contributed by atoms with Crippen molar-refractivity contribution in [2.24, 2.45) is 0 Å². The van der Waals surface area contributed by atoms with Crippen molar-refractivity contribution in [3.8, 4) is 0 Å². The Morgan fingerprint density at radius 2 is 2.06 bits per heavy atom. The molecule has 1 rings (SSSR count). The number of halogens is 5. The molecule has 1 amide bonds. The third-order valence-corrected chi connectivity index (χ3v) is 2.65. The molecule has 0 aliphatic heterocycles. The van der Waals surface area contributed by atoms with E-state index in [0.717, 1.165) is 6.07 Å². The van der Waals surface area contributed by atoms with Crippen molar-refractivity contribution in [2.75, 3.05) is 11.9 Å². The molecule has 0 saturated heterocycles. The first-order chi connectivity index (χ1) is 7.79. The Bertz CT molecular complexity index is 422. The smallest absolute Gasteiger partial charge is 0.422 e. The Hall–Kier alpha value is -1.06. The SMILES string of the molecule is O=C(Nc1cccc(F)c1I)OCC(F)(F)F. The number of nitrogens with one attached hydrogen (secondary N) is 1. The van der Waals surface area contributed by atoms with Gasteiger partial charge in [-0.2, -0.15) is 13.2 Å². The number of carbonyl (C=O) groups is 1. The van der Waals surface area contributed by atoms with Crippen LogP contribution in [0.5, 0.6) is 0 Å². The van der Waals surface area contributed by atoms with Crippen LogP contribution >= 0.6 is 22.6 Å². The van der Waals surface area contributed by atoms with E-state index >= 15 is 0 Å². The Labute approximate surface area is 107 Å². The van der Waals surface area contributed by atoms with Crippen molar-refractivity contribution >= 4 is 34.4 Å². The number of amides is 1. The average molecular weight is 363 g/mol. The van der Waals surface area contributed by atoms with Gasteiger partial charge in [0.25, 0.3) is 0 Å². The second-order valence-corrected chi connectivity index (χ2v) is 4.00. The minimum Gasteiger partial charge on any atom is -0.440 e. The maximum absolute atomic E-state index is 13.0. The number of rotatable bonds is 2. The molecule has 0 aliphatic rings. The molecular formula is C9H6F4INO2. The number of ether oxygens (including phenoxy) is 1. The topological polar surface area (TPSA) is 38.3 Å². The number of alkyl halides is 3. The molecule has 0 unspecified atom stereocenters. The monoisotopic (exact) mass is 363 g/mol. The maximum Gasteiger partial charge on any atom is 0.422 e. The van der Waals surface area contributed by atoms with Crippen LogP contribution in [0.15, 0.2) is 18.2 Å². The van der Waals surface area contributed by atoms with Gasteiger partial charge in [0.1, 0.15) is 5.82 Å². The number of carbonyl (C=O) groups excluding carboxylic acids is 1. The van der Waals surface area contributed by atoms with E-state index in [1.807, 2.05) is 5.32 Å². The molecule has 17 heavy (non-hydrogen) atoms. The maximum atomic E-state index is 13.0. The number of hydrogen-bond acceptors (Lipinski definition) is 2. The zero-order valence-corrected chi connectivity index (χ0v) is 10.3. The van der Waals surface area contributed by atoms with Gasteiger partial charge in [-0.1, -0.05) is 6.07 Å². The van der Waals surface area contributed by atoms with Gasteiger partial charge in [0.2, 0.25) is 0 Å². The van der Waals surface area contributed by atoms with Crippen molar-refractivity contribution in [1.82, 2.24) is 0 Å². The summed E-state index contributed by atoms with van der Waals surface area (Å²) >= 11 is 1.62. The molecule has 0 atom stereocenters. The molecule has 0 aromatic heterocycles. The summed E-state index contributed by atoms with van der Waals surface area (Å²) in [5.74, 6) is -0.584. The fraction of sp³-hybridized carbons (Fsp3) is 0.222. The summed E-state index contributed by atoms with van der Waals surface area (Å²) < 4.78 is 52.2. The van der Waals surface area contributed by atoms with Crippen molar-refractivity contribution in [3.63, 3.8) is 0 Å². The van der Waals surface area contributed by atoms with Crippen LogP contribution in [0, 0.1) is 9.39 Å². The van der Waals surface area contributed by atoms with Crippen LogP contribution in [0.3, 0.4) is 0 Å². The predicted molar refractivity (Wildman–Crippen MR) is 60.1 cm³/mol. The second kappa shape index (κ2) is 5.52. The van der Waals surface area contributed by atoms with Gasteiger partial charge in [-0.25, -0.2) is 9.18 Å². The van der Waals surface area contributed by atoms with E-state index in [-0.39, 0.29) is 9.26 Å². The van der Waals surface area contributed by atoms with Gasteiger partial charge in [-0.15, -0.1) is 0 Å². The van der Waals surface area contributed by atoms with E-state index < -0.39 is 24.7 Å². The minimum atomic E-state index is -4.59. The number of benzene rings is 1. The lowest BCUT2D eigenvalue weighted by Gasteiger charge is -2.10. The van der Waals surface area contributed by atoms with Crippen LogP contribution in [-0.4, -0.2) is 18.9 Å². The Morgan fingerprint density at radius 1 is 1.41 bits per heavy atom. The lowest BCUT2D eigenvalue weighted by Crippen LogP contribution is -2.23. The van der Waals surface area contributed by atoms with Crippen molar-refractivity contribution in [1.29, 1.82) is 0 Å². The number of anilines is 1. The zero-order valence-electron chi connectivity index (χ0n) is 8.15. The van der Waals surface area contributed by atoms with Crippen LogP contribution in [0.25, 0.3) is 0 Å². The van der Waals surface area contributed by atoms with Crippen LogP contribution in [0.1, 0.15) is 0 Å². The lowest BCUT2D eigenvalue weighted by molar-refractivity contribution is -0.159. The molecule has 1 aromatic carbocycles. The zero-order chi connectivity index (χ0) is 13.1. The summed E-state index contributed by atoms with van der Waals surface area (Å²) in [6.07, 6.45) is -5.88. The third kappa shape index (κ3) is 4.75. The predicted octanol–water partition coefficient (Wildman–Crippen LogP) is 3.54. The molecule has 8 heteroatoms. The lowest BCUT2D eigenvalue weighted by atomic mass is 10.3. The molecule has 0 saturated carbocycles. The fourth-order valence-electron chi connectivity index (χ4n) is 0.894. The normalized spacial score (nSPS) is 11.1. The molecule has 0 fully saturated rings. The molecule has 0 heterocycles. The van der Waals surface area contributed by atoms with Crippen LogP contribution in [-0.2, 0) is 4.74 Å². The Morgan fingerprint density at radius 3 is 2.65 bits per heavy atom. The second-order valence-electron chi connectivity index (χ2n) is 2.92. The minimum absolute atomic E-state index is 0.0535. The number of hydrogen-bond donors (Lipinski definition) is 1. The van der Waals surface area contributed by atoms with Crippen molar-refractivity contribution in [2.45, 2.75) is 6.18 Å². The van der Waals surface area contributed by atoms with Crippen LogP contribution in [0.2, 0.25) is 0 Å². The summed E-state index contributed by atoms with van der Waals surface area (Å²) in [5.41, 5.74) is 0.0535. The van der Waals surface area contributed by atoms with Crippen molar-refractivity contribution < 1.29 is 27.1 Å². The van der Waals surface area contributed by atoms with E-state index in [0.29, 0.717) is 0 Å². The summed E-state index contributed by atoms with van der Waals surface area (Å²) in [4.78, 5) is 11.0. The molecule has 94 valence electrons. The highest BCUT2D eigenvalue weighted by Gasteiger charge is 2.29. The van der Waals surface area contributed by atoms with E-state index in [1.165, 1.54) is 12.1 Å². The van der Waals surface area contributed by atoms with Gasteiger partial charge in [0.05, 0.1) is 9.26 Å². The standard InChI is InChI=1S/C9H6F4INO2/c10-5-2-1-3-6(7(5)14)15-8(16)17-4-9(11,12)13/h1-3H,4H2,(H,15,16). The summed E-state index contributed by atoms with van der Waals surface area (Å²) in [7, 11) is 0. The third-order valence-electron chi connectivity index (χ3n) is 1.56. The first-order valence-corrected chi connectivity index (χ1v) is 5.32. The largest absolute Gasteiger partial charge is 0.440 e. The van der Waals surface area contributed by atoms with Gasteiger partial charge < -0.3 is 4.74 Å². The van der Waals surface area contributed by atoms with Gasteiger partial charge in [-0.05, 0) is 34.7 Å². The van der Waals surface area contributed by atoms with Gasteiger partial charge in [0.15, 0.2) is 6.61 Å². The molecule has 1 aromatic rings. The first kappa shape index (κ1) is 14.0. The van der Waals surface area contributed by atoms with Gasteiger partial charge in [-0.3, -0.25) is 5.32 Å². The Balaban J connectivity index is 2.60. The summed E-state index contributed by atoms with van der Waals surface area (Å²) in [6, 6.07) is 3.82. The van der Waals surface area contributed by atoms with E-state index in [9.17, 15) is 22.4 Å². The molecule has 0 radical (unpaired) electrons. The fourth-order valence-corrected chi connectivity index (χ4v) is 1.39. The highest BCUT2D eigenvalue weighted by molar-refractivity contribution is 14.1. The molecule has 1 N–H and O–H groups in total. The molecule has 0 aliphatic carbocycles. The summed E-state index contributed by atoms with van der Waals surface area (Å²) in [6.45, 7) is -1.69. The highest BCUT2D eigenvalue weighted by atomic mass is 127. The van der Waals surface area contributed by atoms with Crippen LogP contribution in [0.4, 0.5) is 28.0 Å². The van der Waals surface area contributed by atoms with Gasteiger partial charge >= 0.3 is 12.3 Å². The average Bonchev–Trinajstić information content (AvgIpc) is 2.21. The molecule has 0 spiro atoms. The van der Waals surface area contributed by atoms with Gasteiger partial charge in [0, 0.05) is 0 Å². The van der Waals surface area contributed by atoms with E-state index in [1.54, 1.807) is 22.6 Å². The molecular weight excluding hydrogens is 357 g/mol. The highest BCUT2D eigenvalue weighted by Crippen LogP contribution is 2.21. The molecule has 3 nitrogen and oxygen atoms in total. The Kier molecular flexibility index (Phi) is 4.54.